The minimum absolute atomic E-state index is 0.102. The molecule has 1 amide bonds. The summed E-state index contributed by atoms with van der Waals surface area (Å²) < 4.78 is 1.60. The molecule has 3 N–H and O–H groups in total. The number of rotatable bonds is 9. The number of carbonyl (C=O) groups excluding carboxylic acids is 1. The molecule has 222 valence electrons. The quantitative estimate of drug-likeness (QED) is 0.168. The summed E-state index contributed by atoms with van der Waals surface area (Å²) in [4.78, 5) is 50.1. The fraction of sp³-hybridized carbons (Fsp3) is 0.226. The molecule has 13 nitrogen and oxygen atoms in total. The van der Waals surface area contributed by atoms with Crippen molar-refractivity contribution in [1.82, 2.24) is 35.0 Å². The van der Waals surface area contributed by atoms with Gasteiger partial charge in [0.15, 0.2) is 0 Å². The van der Waals surface area contributed by atoms with Crippen molar-refractivity contribution in [2.24, 2.45) is 0 Å². The Morgan fingerprint density at radius 1 is 1.07 bits per heavy atom. The van der Waals surface area contributed by atoms with Crippen molar-refractivity contribution in [2.75, 3.05) is 17.3 Å². The van der Waals surface area contributed by atoms with Gasteiger partial charge >= 0.3 is 0 Å². The first kappa shape index (κ1) is 29.7. The van der Waals surface area contributed by atoms with Crippen LogP contribution in [-0.2, 0) is 6.54 Å². The molecule has 0 radical (unpaired) electrons. The molecule has 0 bridgehead atoms. The summed E-state index contributed by atoms with van der Waals surface area (Å²) in [6, 6.07) is 16.5. The van der Waals surface area contributed by atoms with Gasteiger partial charge in [-0.25, -0.2) is 30.4 Å². The fourth-order valence-electron chi connectivity index (χ4n) is 5.00. The highest BCUT2D eigenvalue weighted by molar-refractivity contribution is 5.92. The maximum atomic E-state index is 14.4. The number of nitriles is 1. The number of carbonyl (C=O) groups is 1. The van der Waals surface area contributed by atoms with Crippen molar-refractivity contribution >= 4 is 28.6 Å². The van der Waals surface area contributed by atoms with Crippen molar-refractivity contribution in [3.8, 4) is 11.8 Å². The van der Waals surface area contributed by atoms with Crippen LogP contribution in [0.4, 0.5) is 11.8 Å². The van der Waals surface area contributed by atoms with Gasteiger partial charge in [0, 0.05) is 26.0 Å². The van der Waals surface area contributed by atoms with Crippen LogP contribution in [0.15, 0.2) is 65.7 Å². The third kappa shape index (κ3) is 5.79. The normalized spacial score (nSPS) is 11.5. The van der Waals surface area contributed by atoms with Crippen LogP contribution in [0.1, 0.15) is 58.2 Å². The van der Waals surface area contributed by atoms with Gasteiger partial charge < -0.3 is 10.2 Å². The number of benzene rings is 2. The molecular weight excluding hydrogens is 560 g/mol. The lowest BCUT2D eigenvalue weighted by Gasteiger charge is -2.24. The predicted octanol–water partition coefficient (Wildman–Crippen LogP) is 3.77. The second-order valence-electron chi connectivity index (χ2n) is 10.1. The number of anilines is 2. The van der Waals surface area contributed by atoms with Crippen molar-refractivity contribution in [3.63, 3.8) is 0 Å². The van der Waals surface area contributed by atoms with Gasteiger partial charge in [0.2, 0.25) is 5.95 Å². The van der Waals surface area contributed by atoms with E-state index < -0.39 is 11.9 Å². The molecule has 5 aromatic rings. The summed E-state index contributed by atoms with van der Waals surface area (Å²) in [6.07, 6.45) is 3.15. The number of amides is 1. The van der Waals surface area contributed by atoms with E-state index >= 15 is 0 Å². The molecule has 44 heavy (non-hydrogen) atoms. The maximum absolute atomic E-state index is 14.4. The molecule has 0 aliphatic carbocycles. The number of fused-ring (bicyclic) bond motifs is 1. The van der Waals surface area contributed by atoms with Gasteiger partial charge in [0.25, 0.3) is 11.5 Å². The van der Waals surface area contributed by atoms with E-state index in [9.17, 15) is 14.9 Å². The molecule has 3 heterocycles. The maximum Gasteiger partial charge on any atom is 0.277 e. The van der Waals surface area contributed by atoms with Crippen LogP contribution in [0.3, 0.4) is 0 Å². The van der Waals surface area contributed by atoms with Gasteiger partial charge in [-0.3, -0.25) is 19.4 Å². The van der Waals surface area contributed by atoms with Gasteiger partial charge in [-0.1, -0.05) is 37.3 Å². The molecule has 0 aliphatic heterocycles. The summed E-state index contributed by atoms with van der Waals surface area (Å²) in [6.45, 7) is 5.77. The molecule has 5 rings (SSSR count). The lowest BCUT2D eigenvalue weighted by molar-refractivity contribution is 0.0705. The highest BCUT2D eigenvalue weighted by Crippen LogP contribution is 2.27. The van der Waals surface area contributed by atoms with Crippen molar-refractivity contribution in [3.05, 3.63) is 105 Å². The molecule has 3 aromatic heterocycles. The van der Waals surface area contributed by atoms with E-state index in [1.54, 1.807) is 41.9 Å². The van der Waals surface area contributed by atoms with Gasteiger partial charge in [-0.05, 0) is 44.0 Å². The summed E-state index contributed by atoms with van der Waals surface area (Å²) >= 11 is 0. The standard InChI is InChI=1S/C31H30N10O3/c1-5-24(37-27-23(14-32)18(2)35-19(3)36-27)28-38-25-13-9-10-20(26(25)30(43)41(28)22-11-7-6-8-12-22)17-40(4)31-33-15-21(16-34-31)29(42)39-44/h6-13,15-16,24,44H,5,17H2,1-4H3,(H,39,42)(H,35,36,37)/t24-/m0/s1. The number of nitrogens with one attached hydrogen (secondary N) is 2. The van der Waals surface area contributed by atoms with Crippen LogP contribution in [0, 0.1) is 25.2 Å². The number of nitrogens with zero attached hydrogens (tertiary/aromatic N) is 8. The minimum Gasteiger partial charge on any atom is -0.359 e. The van der Waals surface area contributed by atoms with Crippen molar-refractivity contribution in [2.45, 2.75) is 39.8 Å². The summed E-state index contributed by atoms with van der Waals surface area (Å²) in [7, 11) is 1.77. The van der Waals surface area contributed by atoms with Crippen LogP contribution in [0.2, 0.25) is 0 Å². The van der Waals surface area contributed by atoms with Crippen LogP contribution >= 0.6 is 0 Å². The van der Waals surface area contributed by atoms with E-state index in [0.717, 1.165) is 0 Å². The fourth-order valence-corrected chi connectivity index (χ4v) is 5.00. The minimum atomic E-state index is -0.717. The first-order valence-electron chi connectivity index (χ1n) is 13.8. The molecule has 13 heteroatoms. The van der Waals surface area contributed by atoms with Crippen molar-refractivity contribution in [1.29, 1.82) is 5.26 Å². The number of hydrogen-bond acceptors (Lipinski definition) is 11. The third-order valence-electron chi connectivity index (χ3n) is 7.12. The Kier molecular flexibility index (Phi) is 8.54. The average molecular weight is 591 g/mol. The molecule has 0 saturated carbocycles. The lowest BCUT2D eigenvalue weighted by Crippen LogP contribution is -2.30. The molecule has 0 saturated heterocycles. The van der Waals surface area contributed by atoms with Crippen molar-refractivity contribution < 1.29 is 10.0 Å². The molecule has 2 aromatic carbocycles. The summed E-state index contributed by atoms with van der Waals surface area (Å²) in [5.74, 6) is 0.986. The van der Waals surface area contributed by atoms with Crippen LogP contribution < -0.4 is 21.3 Å². The first-order chi connectivity index (χ1) is 21.2. The van der Waals surface area contributed by atoms with E-state index in [1.165, 1.54) is 12.4 Å². The van der Waals surface area contributed by atoms with Crippen LogP contribution in [-0.4, -0.2) is 47.6 Å². The Morgan fingerprint density at radius 3 is 2.45 bits per heavy atom. The number of aryl methyl sites for hydroxylation is 2. The Hall–Kier alpha value is -5.74. The molecule has 0 spiro atoms. The van der Waals surface area contributed by atoms with E-state index in [0.29, 0.717) is 63.2 Å². The third-order valence-corrected chi connectivity index (χ3v) is 7.12. The first-order valence-corrected chi connectivity index (χ1v) is 13.8. The summed E-state index contributed by atoms with van der Waals surface area (Å²) in [5.41, 5.74) is 4.15. The second kappa shape index (κ2) is 12.6. The number of hydroxylamine groups is 1. The van der Waals surface area contributed by atoms with Gasteiger partial charge in [-0.15, -0.1) is 0 Å². The average Bonchev–Trinajstić information content (AvgIpc) is 3.03. The largest absolute Gasteiger partial charge is 0.359 e. The van der Waals surface area contributed by atoms with Crippen LogP contribution in [0.25, 0.3) is 16.6 Å². The molecule has 1 atom stereocenters. The Labute approximate surface area is 252 Å². The monoisotopic (exact) mass is 590 g/mol. The predicted molar refractivity (Wildman–Crippen MR) is 164 cm³/mol. The molecule has 0 aliphatic rings. The van der Waals surface area contributed by atoms with E-state index in [-0.39, 0.29) is 17.7 Å². The highest BCUT2D eigenvalue weighted by atomic mass is 16.5. The Balaban J connectivity index is 1.62. The van der Waals surface area contributed by atoms with Gasteiger partial charge in [0.1, 0.15) is 29.1 Å². The zero-order valence-electron chi connectivity index (χ0n) is 24.6. The van der Waals surface area contributed by atoms with E-state index in [4.69, 9.17) is 10.2 Å². The zero-order chi connectivity index (χ0) is 31.4. The van der Waals surface area contributed by atoms with E-state index in [1.807, 2.05) is 49.4 Å². The lowest BCUT2D eigenvalue weighted by atomic mass is 10.1. The smallest absolute Gasteiger partial charge is 0.277 e. The summed E-state index contributed by atoms with van der Waals surface area (Å²) in [5, 5.41) is 22.5. The molecule has 0 unspecified atom stereocenters. The van der Waals surface area contributed by atoms with E-state index in [2.05, 4.69) is 31.3 Å². The molecule has 0 fully saturated rings. The van der Waals surface area contributed by atoms with Gasteiger partial charge in [0.05, 0.1) is 33.9 Å². The highest BCUT2D eigenvalue weighted by Gasteiger charge is 2.24. The Bertz CT molecular complexity index is 1940. The topological polar surface area (TPSA) is 175 Å². The number of para-hydroxylation sites is 1. The Morgan fingerprint density at radius 2 is 1.80 bits per heavy atom. The second-order valence-corrected chi connectivity index (χ2v) is 10.1. The molecular formula is C31H30N10O3. The zero-order valence-corrected chi connectivity index (χ0v) is 24.6. The van der Waals surface area contributed by atoms with Gasteiger partial charge in [-0.2, -0.15) is 5.26 Å². The number of aromatic nitrogens is 6. The van der Waals surface area contributed by atoms with Crippen LogP contribution in [0.5, 0.6) is 0 Å². The number of hydrogen-bond donors (Lipinski definition) is 3. The SMILES string of the molecule is CC[C@H](Nc1nc(C)nc(C)c1C#N)c1nc2cccc(CN(C)c3ncc(C(=O)NO)cn3)c2c(=O)n1-c1ccccc1.